The molecule has 0 amide bonds. The van der Waals surface area contributed by atoms with Gasteiger partial charge in [0.05, 0.1) is 6.10 Å². The molecule has 1 aliphatic carbocycles. The Hall–Kier alpha value is -1.64. The van der Waals surface area contributed by atoms with Crippen LogP contribution >= 0.6 is 0 Å². The number of hydrogen-bond donors (Lipinski definition) is 1. The van der Waals surface area contributed by atoms with Gasteiger partial charge in [-0.15, -0.1) is 0 Å². The Morgan fingerprint density at radius 3 is 2.08 bits per heavy atom. The Morgan fingerprint density at radius 1 is 0.792 bits per heavy atom. The molecule has 2 nitrogen and oxygen atoms in total. The number of likely N-dealkylation sites (tertiary alicyclic amines) is 1. The van der Waals surface area contributed by atoms with Gasteiger partial charge >= 0.3 is 0 Å². The van der Waals surface area contributed by atoms with E-state index >= 15 is 0 Å². The third-order valence-electron chi connectivity index (χ3n) is 5.78. The minimum absolute atomic E-state index is 0.167. The fourth-order valence-corrected chi connectivity index (χ4v) is 4.45. The van der Waals surface area contributed by atoms with Crippen LogP contribution in [0.5, 0.6) is 0 Å². The van der Waals surface area contributed by atoms with Gasteiger partial charge in [0.15, 0.2) is 0 Å². The minimum Gasteiger partial charge on any atom is -0.388 e. The van der Waals surface area contributed by atoms with Crippen molar-refractivity contribution >= 4 is 0 Å². The number of aryl methyl sites for hydroxylation is 2. The SMILES string of the molecule is OC1c2ccccc2CCc2ccccc2C1CN1CCCCC1. The van der Waals surface area contributed by atoms with Gasteiger partial charge in [0.1, 0.15) is 0 Å². The third-order valence-corrected chi connectivity index (χ3v) is 5.78. The molecule has 1 heterocycles. The van der Waals surface area contributed by atoms with Crippen LogP contribution in [0.2, 0.25) is 0 Å². The Labute approximate surface area is 145 Å². The number of rotatable bonds is 2. The van der Waals surface area contributed by atoms with Crippen molar-refractivity contribution in [2.75, 3.05) is 19.6 Å². The van der Waals surface area contributed by atoms with Crippen LogP contribution in [-0.2, 0) is 12.8 Å². The fraction of sp³-hybridized carbons (Fsp3) is 0.455. The van der Waals surface area contributed by atoms with Gasteiger partial charge in [0.25, 0.3) is 0 Å². The summed E-state index contributed by atoms with van der Waals surface area (Å²) in [5.74, 6) is 0.167. The zero-order chi connectivity index (χ0) is 16.4. The number of aliphatic hydroxyl groups is 1. The van der Waals surface area contributed by atoms with Crippen molar-refractivity contribution < 1.29 is 5.11 Å². The van der Waals surface area contributed by atoms with E-state index in [0.29, 0.717) is 0 Å². The highest BCUT2D eigenvalue weighted by molar-refractivity contribution is 5.40. The maximum atomic E-state index is 11.3. The highest BCUT2D eigenvalue weighted by atomic mass is 16.3. The first-order valence-electron chi connectivity index (χ1n) is 9.39. The predicted octanol–water partition coefficient (Wildman–Crippen LogP) is 4.09. The van der Waals surface area contributed by atoms with Crippen LogP contribution in [0.3, 0.4) is 0 Å². The molecule has 1 N–H and O–H groups in total. The highest BCUT2D eigenvalue weighted by Crippen LogP contribution is 2.38. The molecule has 2 unspecified atom stereocenters. The van der Waals surface area contributed by atoms with Crippen LogP contribution in [0.25, 0.3) is 0 Å². The number of hydrogen-bond acceptors (Lipinski definition) is 2. The Bertz CT molecular complexity index is 690. The molecule has 2 aromatic rings. The summed E-state index contributed by atoms with van der Waals surface area (Å²) in [7, 11) is 0. The second-order valence-electron chi connectivity index (χ2n) is 7.31. The van der Waals surface area contributed by atoms with E-state index in [4.69, 9.17) is 0 Å². The lowest BCUT2D eigenvalue weighted by Crippen LogP contribution is -2.36. The molecular weight excluding hydrogens is 294 g/mol. The normalized spacial score (nSPS) is 24.5. The molecule has 126 valence electrons. The zero-order valence-corrected chi connectivity index (χ0v) is 14.3. The van der Waals surface area contributed by atoms with Crippen LogP contribution in [0.15, 0.2) is 48.5 Å². The fourth-order valence-electron chi connectivity index (χ4n) is 4.45. The summed E-state index contributed by atoms with van der Waals surface area (Å²) in [6, 6.07) is 17.2. The summed E-state index contributed by atoms with van der Waals surface area (Å²) in [5.41, 5.74) is 5.20. The summed E-state index contributed by atoms with van der Waals surface area (Å²) >= 11 is 0. The zero-order valence-electron chi connectivity index (χ0n) is 14.3. The van der Waals surface area contributed by atoms with E-state index in [0.717, 1.165) is 24.9 Å². The van der Waals surface area contributed by atoms with E-state index in [1.54, 1.807) is 0 Å². The van der Waals surface area contributed by atoms with Crippen molar-refractivity contribution in [3.63, 3.8) is 0 Å². The van der Waals surface area contributed by atoms with Gasteiger partial charge in [-0.1, -0.05) is 55.0 Å². The van der Waals surface area contributed by atoms with Gasteiger partial charge in [-0.25, -0.2) is 0 Å². The van der Waals surface area contributed by atoms with E-state index in [1.807, 2.05) is 0 Å². The van der Waals surface area contributed by atoms with Crippen molar-refractivity contribution in [1.82, 2.24) is 4.90 Å². The summed E-state index contributed by atoms with van der Waals surface area (Å²) in [6.07, 6.45) is 5.60. The molecule has 24 heavy (non-hydrogen) atoms. The summed E-state index contributed by atoms with van der Waals surface area (Å²) in [4.78, 5) is 2.55. The number of aliphatic hydroxyl groups excluding tert-OH is 1. The monoisotopic (exact) mass is 321 g/mol. The first kappa shape index (κ1) is 15.9. The van der Waals surface area contributed by atoms with Crippen LogP contribution in [0, 0.1) is 0 Å². The van der Waals surface area contributed by atoms with Crippen molar-refractivity contribution in [3.05, 3.63) is 70.8 Å². The standard InChI is InChI=1S/C22H27NO/c24-22-20-11-5-3-9-18(20)13-12-17-8-2-4-10-19(17)21(22)16-23-14-6-1-7-15-23/h2-5,8-11,21-22,24H,1,6-7,12-16H2. The average molecular weight is 321 g/mol. The maximum absolute atomic E-state index is 11.3. The van der Waals surface area contributed by atoms with Crippen LogP contribution in [0.1, 0.15) is 53.5 Å². The number of benzene rings is 2. The molecule has 1 aliphatic heterocycles. The molecule has 2 heteroatoms. The van der Waals surface area contributed by atoms with Gasteiger partial charge in [-0.05, 0) is 61.0 Å². The summed E-state index contributed by atoms with van der Waals surface area (Å²) in [6.45, 7) is 3.31. The molecule has 0 bridgehead atoms. The third kappa shape index (κ3) is 3.13. The van der Waals surface area contributed by atoms with Crippen LogP contribution in [-0.4, -0.2) is 29.6 Å². The molecule has 2 aliphatic rings. The molecule has 1 fully saturated rings. The van der Waals surface area contributed by atoms with Gasteiger partial charge in [-0.3, -0.25) is 0 Å². The second-order valence-corrected chi connectivity index (χ2v) is 7.31. The lowest BCUT2D eigenvalue weighted by Gasteiger charge is -2.35. The topological polar surface area (TPSA) is 23.5 Å². The first-order chi connectivity index (χ1) is 11.8. The smallest absolute Gasteiger partial charge is 0.0873 e. The predicted molar refractivity (Wildman–Crippen MR) is 98.3 cm³/mol. The number of piperidine rings is 1. The van der Waals surface area contributed by atoms with Crippen LogP contribution < -0.4 is 0 Å². The first-order valence-corrected chi connectivity index (χ1v) is 9.39. The maximum Gasteiger partial charge on any atom is 0.0873 e. The van der Waals surface area contributed by atoms with E-state index in [-0.39, 0.29) is 5.92 Å². The Kier molecular flexibility index (Phi) is 4.68. The van der Waals surface area contributed by atoms with E-state index < -0.39 is 6.10 Å². The molecule has 0 saturated carbocycles. The quantitative estimate of drug-likeness (QED) is 0.900. The molecule has 0 aromatic heterocycles. The minimum atomic E-state index is -0.412. The Balaban J connectivity index is 1.71. The van der Waals surface area contributed by atoms with Crippen molar-refractivity contribution in [2.24, 2.45) is 0 Å². The molecule has 0 spiro atoms. The molecular formula is C22H27NO. The molecule has 2 aromatic carbocycles. The van der Waals surface area contributed by atoms with E-state index in [2.05, 4.69) is 53.4 Å². The highest BCUT2D eigenvalue weighted by Gasteiger charge is 2.30. The van der Waals surface area contributed by atoms with Crippen molar-refractivity contribution in [1.29, 1.82) is 0 Å². The van der Waals surface area contributed by atoms with Gasteiger partial charge in [-0.2, -0.15) is 0 Å². The van der Waals surface area contributed by atoms with Crippen molar-refractivity contribution in [3.8, 4) is 0 Å². The van der Waals surface area contributed by atoms with Gasteiger partial charge in [0, 0.05) is 12.5 Å². The lowest BCUT2D eigenvalue weighted by molar-refractivity contribution is 0.107. The lowest BCUT2D eigenvalue weighted by atomic mass is 9.80. The molecule has 2 atom stereocenters. The number of fused-ring (bicyclic) bond motifs is 2. The average Bonchev–Trinajstić information content (AvgIpc) is 2.64. The van der Waals surface area contributed by atoms with E-state index in [9.17, 15) is 5.11 Å². The van der Waals surface area contributed by atoms with Gasteiger partial charge in [0.2, 0.25) is 0 Å². The Morgan fingerprint density at radius 2 is 1.38 bits per heavy atom. The molecule has 0 radical (unpaired) electrons. The molecule has 1 saturated heterocycles. The van der Waals surface area contributed by atoms with Gasteiger partial charge < -0.3 is 10.0 Å². The molecule has 4 rings (SSSR count). The van der Waals surface area contributed by atoms with Crippen LogP contribution in [0.4, 0.5) is 0 Å². The summed E-state index contributed by atoms with van der Waals surface area (Å²) in [5, 5.41) is 11.3. The second kappa shape index (κ2) is 7.08. The van der Waals surface area contributed by atoms with E-state index in [1.165, 1.54) is 49.0 Å². The number of nitrogens with zero attached hydrogens (tertiary/aromatic N) is 1. The summed E-state index contributed by atoms with van der Waals surface area (Å²) < 4.78 is 0. The largest absolute Gasteiger partial charge is 0.388 e. The van der Waals surface area contributed by atoms with Crippen molar-refractivity contribution in [2.45, 2.75) is 44.1 Å².